The summed E-state index contributed by atoms with van der Waals surface area (Å²) in [5, 5.41) is 3.94. The highest BCUT2D eigenvalue weighted by Crippen LogP contribution is 2.37. The molecule has 3 heterocycles. The third-order valence-electron chi connectivity index (χ3n) is 4.10. The highest BCUT2D eigenvalue weighted by atomic mass is 32.1. The molecule has 2 saturated heterocycles. The van der Waals surface area contributed by atoms with Crippen molar-refractivity contribution in [3.63, 3.8) is 0 Å². The Morgan fingerprint density at radius 2 is 2.37 bits per heavy atom. The molecule has 0 aliphatic carbocycles. The van der Waals surface area contributed by atoms with Gasteiger partial charge < -0.3 is 9.64 Å². The fraction of sp³-hybridized carbons (Fsp3) is 0.643. The van der Waals surface area contributed by atoms with Gasteiger partial charge in [0.25, 0.3) is 0 Å². The van der Waals surface area contributed by atoms with Crippen molar-refractivity contribution in [1.29, 1.82) is 0 Å². The molecule has 2 aliphatic rings. The quantitative estimate of drug-likeness (QED) is 0.859. The van der Waals surface area contributed by atoms with Crippen LogP contribution in [-0.2, 0) is 4.74 Å². The molecular formula is C14H20N2O2S. The molecule has 2 amide bonds. The summed E-state index contributed by atoms with van der Waals surface area (Å²) in [6.07, 6.45) is 3.37. The number of anilines is 1. The van der Waals surface area contributed by atoms with E-state index in [-0.39, 0.29) is 11.4 Å². The van der Waals surface area contributed by atoms with Gasteiger partial charge in [-0.15, -0.1) is 11.3 Å². The van der Waals surface area contributed by atoms with E-state index in [0.29, 0.717) is 0 Å². The van der Waals surface area contributed by atoms with Gasteiger partial charge in [0.05, 0.1) is 11.6 Å². The Labute approximate surface area is 117 Å². The molecule has 1 aromatic rings. The predicted molar refractivity (Wildman–Crippen MR) is 76.8 cm³/mol. The number of thiophene rings is 1. The van der Waals surface area contributed by atoms with E-state index in [2.05, 4.69) is 5.32 Å². The maximum atomic E-state index is 12.3. The smallest absolute Gasteiger partial charge is 0.322 e. The average molecular weight is 280 g/mol. The van der Waals surface area contributed by atoms with Crippen LogP contribution < -0.4 is 5.32 Å². The van der Waals surface area contributed by atoms with E-state index in [1.165, 1.54) is 11.3 Å². The van der Waals surface area contributed by atoms with Gasteiger partial charge in [0.15, 0.2) is 0 Å². The highest BCUT2D eigenvalue weighted by Gasteiger charge is 2.40. The molecule has 0 radical (unpaired) electrons. The number of nitrogens with zero attached hydrogens (tertiary/aromatic N) is 1. The lowest BCUT2D eigenvalue weighted by atomic mass is 9.79. The largest absolute Gasteiger partial charge is 0.381 e. The molecule has 1 spiro atoms. The molecule has 1 aromatic heterocycles. The molecular weight excluding hydrogens is 260 g/mol. The van der Waals surface area contributed by atoms with Crippen LogP contribution in [0.5, 0.6) is 0 Å². The van der Waals surface area contributed by atoms with E-state index in [1.54, 1.807) is 11.3 Å². The van der Waals surface area contributed by atoms with Gasteiger partial charge >= 0.3 is 6.03 Å². The fourth-order valence-electron chi connectivity index (χ4n) is 3.04. The average Bonchev–Trinajstić information content (AvgIpc) is 3.00. The van der Waals surface area contributed by atoms with E-state index in [4.69, 9.17) is 4.74 Å². The lowest BCUT2D eigenvalue weighted by Gasteiger charge is -2.39. The lowest BCUT2D eigenvalue weighted by Crippen LogP contribution is -2.48. The minimum atomic E-state index is 0.0350. The maximum absolute atomic E-state index is 12.3. The molecule has 1 unspecified atom stereocenters. The van der Waals surface area contributed by atoms with Crippen molar-refractivity contribution >= 4 is 22.4 Å². The van der Waals surface area contributed by atoms with Crippen molar-refractivity contribution in [2.75, 3.05) is 31.6 Å². The van der Waals surface area contributed by atoms with Gasteiger partial charge in [0, 0.05) is 30.0 Å². The van der Waals surface area contributed by atoms with E-state index in [0.717, 1.165) is 44.1 Å². The number of likely N-dealkylation sites (tertiary alicyclic amines) is 1. The molecule has 2 aliphatic heterocycles. The minimum absolute atomic E-state index is 0.0350. The van der Waals surface area contributed by atoms with Crippen molar-refractivity contribution < 1.29 is 9.53 Å². The first-order valence-corrected chi connectivity index (χ1v) is 7.69. The van der Waals surface area contributed by atoms with Crippen molar-refractivity contribution in [1.82, 2.24) is 4.90 Å². The van der Waals surface area contributed by atoms with Gasteiger partial charge in [0.1, 0.15) is 0 Å². The molecule has 5 heteroatoms. The summed E-state index contributed by atoms with van der Waals surface area (Å²) in [6.45, 7) is 5.40. The standard InChI is InChI=1S/C14H20N2O2S/c1-11-3-4-12(19-11)15-13(17)16-7-2-5-14(9-16)6-8-18-10-14/h3-4H,2,5-10H2,1H3,(H,15,17). The number of urea groups is 1. The number of hydrogen-bond acceptors (Lipinski definition) is 3. The van der Waals surface area contributed by atoms with Crippen molar-refractivity contribution in [3.8, 4) is 0 Å². The molecule has 19 heavy (non-hydrogen) atoms. The van der Waals surface area contributed by atoms with Crippen LogP contribution in [0.4, 0.5) is 9.80 Å². The Kier molecular flexibility index (Phi) is 3.50. The Balaban J connectivity index is 1.63. The Morgan fingerprint density at radius 1 is 1.47 bits per heavy atom. The minimum Gasteiger partial charge on any atom is -0.381 e. The van der Waals surface area contributed by atoms with Crippen LogP contribution in [0.25, 0.3) is 0 Å². The number of aryl methyl sites for hydroxylation is 1. The molecule has 4 nitrogen and oxygen atoms in total. The van der Waals surface area contributed by atoms with E-state index in [9.17, 15) is 4.79 Å². The molecule has 2 fully saturated rings. The molecule has 1 N–H and O–H groups in total. The third kappa shape index (κ3) is 2.77. The highest BCUT2D eigenvalue weighted by molar-refractivity contribution is 7.16. The topological polar surface area (TPSA) is 41.6 Å². The molecule has 0 aromatic carbocycles. The van der Waals surface area contributed by atoms with Gasteiger partial charge in [-0.25, -0.2) is 4.79 Å². The molecule has 104 valence electrons. The first kappa shape index (κ1) is 12.9. The van der Waals surface area contributed by atoms with Gasteiger partial charge in [-0.1, -0.05) is 0 Å². The number of carbonyl (C=O) groups excluding carboxylic acids is 1. The van der Waals surface area contributed by atoms with Crippen LogP contribution in [0.1, 0.15) is 24.1 Å². The van der Waals surface area contributed by atoms with Crippen LogP contribution in [-0.4, -0.2) is 37.2 Å². The number of hydrogen-bond donors (Lipinski definition) is 1. The first-order chi connectivity index (χ1) is 9.17. The second-order valence-corrected chi connectivity index (χ2v) is 6.96. The van der Waals surface area contributed by atoms with Gasteiger partial charge in [0.2, 0.25) is 0 Å². The van der Waals surface area contributed by atoms with Gasteiger partial charge in [-0.05, 0) is 38.3 Å². The normalized spacial score (nSPS) is 26.9. The summed E-state index contributed by atoms with van der Waals surface area (Å²) in [5.41, 5.74) is 0.223. The van der Waals surface area contributed by atoms with Crippen LogP contribution in [0.15, 0.2) is 12.1 Å². The number of piperidine rings is 1. The third-order valence-corrected chi connectivity index (χ3v) is 5.02. The fourth-order valence-corrected chi connectivity index (χ4v) is 3.80. The lowest BCUT2D eigenvalue weighted by molar-refractivity contribution is 0.0867. The Hall–Kier alpha value is -1.07. The second-order valence-electron chi connectivity index (χ2n) is 5.67. The SMILES string of the molecule is Cc1ccc(NC(=O)N2CCCC3(CCOC3)C2)s1. The number of rotatable bonds is 1. The van der Waals surface area contributed by atoms with E-state index >= 15 is 0 Å². The Bertz CT molecular complexity index is 466. The van der Waals surface area contributed by atoms with Crippen LogP contribution in [0, 0.1) is 12.3 Å². The summed E-state index contributed by atoms with van der Waals surface area (Å²) in [5.74, 6) is 0. The van der Waals surface area contributed by atoms with Crippen LogP contribution in [0.3, 0.4) is 0 Å². The predicted octanol–water partition coefficient (Wildman–Crippen LogP) is 3.09. The summed E-state index contributed by atoms with van der Waals surface area (Å²) in [4.78, 5) is 15.5. The van der Waals surface area contributed by atoms with Gasteiger partial charge in [-0.3, -0.25) is 5.32 Å². The zero-order valence-electron chi connectivity index (χ0n) is 11.3. The summed E-state index contributed by atoms with van der Waals surface area (Å²) < 4.78 is 5.53. The van der Waals surface area contributed by atoms with E-state index < -0.39 is 0 Å². The monoisotopic (exact) mass is 280 g/mol. The number of nitrogens with one attached hydrogen (secondary N) is 1. The maximum Gasteiger partial charge on any atom is 0.322 e. The van der Waals surface area contributed by atoms with Crippen molar-refractivity contribution in [3.05, 3.63) is 17.0 Å². The number of ether oxygens (including phenoxy) is 1. The van der Waals surface area contributed by atoms with Crippen LogP contribution >= 0.6 is 11.3 Å². The van der Waals surface area contributed by atoms with Gasteiger partial charge in [-0.2, -0.15) is 0 Å². The van der Waals surface area contributed by atoms with E-state index in [1.807, 2.05) is 24.0 Å². The summed E-state index contributed by atoms with van der Waals surface area (Å²) in [7, 11) is 0. The van der Waals surface area contributed by atoms with Crippen LogP contribution in [0.2, 0.25) is 0 Å². The molecule has 3 rings (SSSR count). The first-order valence-electron chi connectivity index (χ1n) is 6.87. The zero-order chi connectivity index (χ0) is 13.3. The zero-order valence-corrected chi connectivity index (χ0v) is 12.1. The molecule has 0 bridgehead atoms. The second kappa shape index (κ2) is 5.13. The Morgan fingerprint density at radius 3 is 3.05 bits per heavy atom. The summed E-state index contributed by atoms with van der Waals surface area (Å²) in [6, 6.07) is 4.03. The van der Waals surface area contributed by atoms with Crippen molar-refractivity contribution in [2.45, 2.75) is 26.2 Å². The number of amides is 2. The molecule has 1 atom stereocenters. The molecule has 0 saturated carbocycles. The summed E-state index contributed by atoms with van der Waals surface area (Å²) >= 11 is 1.62. The number of carbonyl (C=O) groups is 1. The van der Waals surface area contributed by atoms with Crippen molar-refractivity contribution in [2.24, 2.45) is 5.41 Å².